The Labute approximate surface area is 149 Å². The first-order chi connectivity index (χ1) is 11.8. The SMILES string of the molecule is CCCOc1ccc(/C=C/C(=O)NC2(C)CCS(=O)(=O)C2)cc1OC. The van der Waals surface area contributed by atoms with Crippen molar-refractivity contribution in [3.8, 4) is 11.5 Å². The van der Waals surface area contributed by atoms with Gasteiger partial charge in [-0.1, -0.05) is 13.0 Å². The number of hydrogen-bond acceptors (Lipinski definition) is 5. The number of rotatable bonds is 7. The van der Waals surface area contributed by atoms with Gasteiger partial charge in [0.25, 0.3) is 0 Å². The first-order valence-corrected chi connectivity index (χ1v) is 10.1. The number of ether oxygens (including phenoxy) is 2. The van der Waals surface area contributed by atoms with E-state index in [0.717, 1.165) is 12.0 Å². The Hall–Kier alpha value is -2.02. The smallest absolute Gasteiger partial charge is 0.244 e. The number of carbonyl (C=O) groups is 1. The van der Waals surface area contributed by atoms with Crippen molar-refractivity contribution in [2.75, 3.05) is 25.2 Å². The molecule has 1 amide bonds. The average molecular weight is 367 g/mol. The molecule has 138 valence electrons. The highest BCUT2D eigenvalue weighted by atomic mass is 32.2. The summed E-state index contributed by atoms with van der Waals surface area (Å²) < 4.78 is 34.1. The first kappa shape index (κ1) is 19.3. The Morgan fingerprint density at radius 3 is 2.72 bits per heavy atom. The quantitative estimate of drug-likeness (QED) is 0.747. The minimum absolute atomic E-state index is 0.0170. The Morgan fingerprint density at radius 2 is 2.12 bits per heavy atom. The fourth-order valence-electron chi connectivity index (χ4n) is 2.74. The van der Waals surface area contributed by atoms with Crippen LogP contribution in [0.5, 0.6) is 11.5 Å². The predicted molar refractivity (Wildman–Crippen MR) is 97.6 cm³/mol. The maximum absolute atomic E-state index is 12.1. The molecule has 7 heteroatoms. The number of carbonyl (C=O) groups excluding carboxylic acids is 1. The van der Waals surface area contributed by atoms with Gasteiger partial charge in [0.2, 0.25) is 5.91 Å². The number of methoxy groups -OCH3 is 1. The molecule has 1 atom stereocenters. The van der Waals surface area contributed by atoms with Crippen LogP contribution >= 0.6 is 0 Å². The lowest BCUT2D eigenvalue weighted by molar-refractivity contribution is -0.117. The fourth-order valence-corrected chi connectivity index (χ4v) is 4.83. The molecule has 1 aromatic carbocycles. The Bertz CT molecular complexity index is 757. The van der Waals surface area contributed by atoms with E-state index in [9.17, 15) is 13.2 Å². The molecule has 1 fully saturated rings. The van der Waals surface area contributed by atoms with Crippen LogP contribution in [0.2, 0.25) is 0 Å². The van der Waals surface area contributed by atoms with Crippen LogP contribution < -0.4 is 14.8 Å². The van der Waals surface area contributed by atoms with Gasteiger partial charge in [-0.05, 0) is 43.5 Å². The lowest BCUT2D eigenvalue weighted by atomic mass is 10.0. The van der Waals surface area contributed by atoms with E-state index in [0.29, 0.717) is 24.5 Å². The number of amides is 1. The van der Waals surface area contributed by atoms with Crippen LogP contribution in [0.1, 0.15) is 32.3 Å². The molecule has 1 unspecified atom stereocenters. The Morgan fingerprint density at radius 1 is 1.36 bits per heavy atom. The summed E-state index contributed by atoms with van der Waals surface area (Å²) in [6.45, 7) is 4.39. The molecule has 2 rings (SSSR count). The van der Waals surface area contributed by atoms with Crippen LogP contribution in [-0.2, 0) is 14.6 Å². The van der Waals surface area contributed by atoms with Gasteiger partial charge in [0.15, 0.2) is 21.3 Å². The molecule has 1 N–H and O–H groups in total. The molecule has 1 aromatic rings. The molecular weight excluding hydrogens is 342 g/mol. The second kappa shape index (κ2) is 7.91. The second-order valence-corrected chi connectivity index (χ2v) is 8.67. The van der Waals surface area contributed by atoms with Gasteiger partial charge < -0.3 is 14.8 Å². The van der Waals surface area contributed by atoms with E-state index >= 15 is 0 Å². The molecule has 1 heterocycles. The summed E-state index contributed by atoms with van der Waals surface area (Å²) in [5, 5.41) is 2.79. The lowest BCUT2D eigenvalue weighted by Gasteiger charge is -2.22. The summed E-state index contributed by atoms with van der Waals surface area (Å²) in [7, 11) is -1.49. The minimum Gasteiger partial charge on any atom is -0.493 e. The summed E-state index contributed by atoms with van der Waals surface area (Å²) in [6.07, 6.45) is 4.40. The van der Waals surface area contributed by atoms with Crippen molar-refractivity contribution < 1.29 is 22.7 Å². The van der Waals surface area contributed by atoms with Crippen LogP contribution in [0.4, 0.5) is 0 Å². The molecule has 1 aliphatic heterocycles. The molecule has 0 spiro atoms. The fraction of sp³-hybridized carbons (Fsp3) is 0.500. The van der Waals surface area contributed by atoms with Crippen LogP contribution in [0.3, 0.4) is 0 Å². The van der Waals surface area contributed by atoms with E-state index in [1.165, 1.54) is 6.08 Å². The zero-order chi connectivity index (χ0) is 18.5. The summed E-state index contributed by atoms with van der Waals surface area (Å²) in [5.41, 5.74) is 0.0931. The van der Waals surface area contributed by atoms with Crippen LogP contribution in [0.15, 0.2) is 24.3 Å². The Balaban J connectivity index is 2.02. The number of sulfone groups is 1. The van der Waals surface area contributed by atoms with Gasteiger partial charge in [-0.15, -0.1) is 0 Å². The lowest BCUT2D eigenvalue weighted by Crippen LogP contribution is -2.46. The van der Waals surface area contributed by atoms with Crippen molar-refractivity contribution in [1.82, 2.24) is 5.32 Å². The van der Waals surface area contributed by atoms with Gasteiger partial charge in [0.05, 0.1) is 30.8 Å². The number of hydrogen-bond donors (Lipinski definition) is 1. The second-order valence-electron chi connectivity index (χ2n) is 6.48. The number of benzene rings is 1. The Kier molecular flexibility index (Phi) is 6.11. The van der Waals surface area contributed by atoms with Gasteiger partial charge in [-0.3, -0.25) is 4.79 Å². The third kappa shape index (κ3) is 5.49. The van der Waals surface area contributed by atoms with Crippen molar-refractivity contribution in [1.29, 1.82) is 0 Å². The van der Waals surface area contributed by atoms with Gasteiger partial charge in [-0.25, -0.2) is 8.42 Å². The largest absolute Gasteiger partial charge is 0.493 e. The molecule has 6 nitrogen and oxygen atoms in total. The van der Waals surface area contributed by atoms with Crippen molar-refractivity contribution in [2.24, 2.45) is 0 Å². The first-order valence-electron chi connectivity index (χ1n) is 8.28. The highest BCUT2D eigenvalue weighted by Gasteiger charge is 2.39. The van der Waals surface area contributed by atoms with Crippen LogP contribution in [-0.4, -0.2) is 45.1 Å². The highest BCUT2D eigenvalue weighted by molar-refractivity contribution is 7.91. The standard InChI is InChI=1S/C18H25NO5S/c1-4-10-24-15-7-5-14(12-16(15)23-3)6-8-17(20)19-18(2)9-11-25(21,22)13-18/h5-8,12H,4,9-11,13H2,1-3H3,(H,19,20)/b8-6+. The maximum Gasteiger partial charge on any atom is 0.244 e. The highest BCUT2D eigenvalue weighted by Crippen LogP contribution is 2.28. The van der Waals surface area contributed by atoms with Gasteiger partial charge in [0, 0.05) is 6.08 Å². The molecule has 0 bridgehead atoms. The van der Waals surface area contributed by atoms with Gasteiger partial charge in [-0.2, -0.15) is 0 Å². The van der Waals surface area contributed by atoms with E-state index in [1.54, 1.807) is 32.2 Å². The van der Waals surface area contributed by atoms with Crippen molar-refractivity contribution >= 4 is 21.8 Å². The molecule has 25 heavy (non-hydrogen) atoms. The van der Waals surface area contributed by atoms with Crippen molar-refractivity contribution in [3.05, 3.63) is 29.8 Å². The molecule has 0 radical (unpaired) electrons. The molecule has 0 saturated carbocycles. The van der Waals surface area contributed by atoms with Gasteiger partial charge in [0.1, 0.15) is 0 Å². The molecular formula is C18H25NO5S. The van der Waals surface area contributed by atoms with E-state index < -0.39 is 15.4 Å². The van der Waals surface area contributed by atoms with Crippen molar-refractivity contribution in [2.45, 2.75) is 32.2 Å². The molecule has 0 aliphatic carbocycles. The van der Waals surface area contributed by atoms with Gasteiger partial charge >= 0.3 is 0 Å². The normalized spacial score (nSPS) is 22.0. The van der Waals surface area contributed by atoms with E-state index in [4.69, 9.17) is 9.47 Å². The number of nitrogens with one attached hydrogen (secondary N) is 1. The third-order valence-corrected chi connectivity index (χ3v) is 5.91. The average Bonchev–Trinajstić information content (AvgIpc) is 2.84. The summed E-state index contributed by atoms with van der Waals surface area (Å²) in [5.74, 6) is 1.05. The minimum atomic E-state index is -3.06. The van der Waals surface area contributed by atoms with Crippen molar-refractivity contribution in [3.63, 3.8) is 0 Å². The summed E-state index contributed by atoms with van der Waals surface area (Å²) in [4.78, 5) is 12.1. The zero-order valence-electron chi connectivity index (χ0n) is 14.9. The van der Waals surface area contributed by atoms with E-state index in [1.807, 2.05) is 13.0 Å². The topological polar surface area (TPSA) is 81.7 Å². The predicted octanol–water partition coefficient (Wildman–Crippen LogP) is 2.19. The summed E-state index contributed by atoms with van der Waals surface area (Å²) >= 11 is 0. The maximum atomic E-state index is 12.1. The van der Waals surface area contributed by atoms with E-state index in [-0.39, 0.29) is 17.4 Å². The molecule has 0 aromatic heterocycles. The van der Waals surface area contributed by atoms with Crippen LogP contribution in [0.25, 0.3) is 6.08 Å². The molecule has 1 saturated heterocycles. The third-order valence-electron chi connectivity index (χ3n) is 4.00. The van der Waals surface area contributed by atoms with Crippen LogP contribution in [0, 0.1) is 0 Å². The van der Waals surface area contributed by atoms with E-state index in [2.05, 4.69) is 5.32 Å². The monoisotopic (exact) mass is 367 g/mol. The summed E-state index contributed by atoms with van der Waals surface area (Å²) in [6, 6.07) is 5.42. The molecule has 1 aliphatic rings. The zero-order valence-corrected chi connectivity index (χ0v) is 15.7.